The second-order valence-electron chi connectivity index (χ2n) is 3.97. The maximum absolute atomic E-state index is 12.9. The predicted molar refractivity (Wildman–Crippen MR) is 54.8 cm³/mol. The van der Waals surface area contributed by atoms with E-state index < -0.39 is 16.3 Å². The lowest BCUT2D eigenvalue weighted by molar-refractivity contribution is -0.386. The van der Waals surface area contributed by atoms with Crippen molar-refractivity contribution in [2.75, 3.05) is 6.61 Å². The van der Waals surface area contributed by atoms with Gasteiger partial charge in [0.05, 0.1) is 10.5 Å². The van der Waals surface area contributed by atoms with Gasteiger partial charge in [-0.1, -0.05) is 0 Å². The smallest absolute Gasteiger partial charge is 0.311 e. The third kappa shape index (κ3) is 3.47. The van der Waals surface area contributed by atoms with Crippen molar-refractivity contribution in [3.05, 3.63) is 34.1 Å². The van der Waals surface area contributed by atoms with Gasteiger partial charge in [-0.25, -0.2) is 4.39 Å². The Balaban J connectivity index is 2.93. The normalized spacial score (nSPS) is 11.2. The van der Waals surface area contributed by atoms with Gasteiger partial charge in [-0.15, -0.1) is 0 Å². The third-order valence-corrected chi connectivity index (χ3v) is 1.70. The van der Waals surface area contributed by atoms with Crippen LogP contribution in [0.25, 0.3) is 0 Å². The molecule has 0 aliphatic carbocycles. The van der Waals surface area contributed by atoms with E-state index in [0.29, 0.717) is 0 Å². The summed E-state index contributed by atoms with van der Waals surface area (Å²) in [6.07, 6.45) is 0. The first-order chi connectivity index (χ1) is 7.29. The maximum Gasteiger partial charge on any atom is 0.311 e. The molecular formula is C10H12FNO4. The summed E-state index contributed by atoms with van der Waals surface area (Å²) >= 11 is 0. The average Bonchev–Trinajstić information content (AvgIpc) is 2.13. The summed E-state index contributed by atoms with van der Waals surface area (Å²) in [6, 6.07) is 2.92. The lowest BCUT2D eigenvalue weighted by atomic mass is 10.2. The Morgan fingerprint density at radius 1 is 1.56 bits per heavy atom. The van der Waals surface area contributed by atoms with E-state index in [1.54, 1.807) is 0 Å². The number of hydrogen-bond donors (Lipinski definition) is 1. The molecule has 0 amide bonds. The third-order valence-electron chi connectivity index (χ3n) is 1.70. The molecule has 1 aromatic carbocycles. The van der Waals surface area contributed by atoms with Gasteiger partial charge in [0.15, 0.2) is 5.75 Å². The molecule has 0 fully saturated rings. The fourth-order valence-electron chi connectivity index (χ4n) is 1.01. The Morgan fingerprint density at radius 3 is 2.69 bits per heavy atom. The maximum atomic E-state index is 12.9. The summed E-state index contributed by atoms with van der Waals surface area (Å²) in [5.74, 6) is -0.816. The summed E-state index contributed by atoms with van der Waals surface area (Å²) in [7, 11) is 0. The van der Waals surface area contributed by atoms with Gasteiger partial charge >= 0.3 is 5.69 Å². The lowest BCUT2D eigenvalue weighted by Gasteiger charge is -2.17. The number of nitro groups is 1. The summed E-state index contributed by atoms with van der Waals surface area (Å²) in [4.78, 5) is 9.93. The number of nitrogens with zero attached hydrogens (tertiary/aromatic N) is 1. The molecule has 0 bridgehead atoms. The molecule has 0 radical (unpaired) electrons. The lowest BCUT2D eigenvalue weighted by Crippen LogP contribution is -2.28. The van der Waals surface area contributed by atoms with Crippen LogP contribution in [0.5, 0.6) is 5.75 Å². The van der Waals surface area contributed by atoms with Gasteiger partial charge < -0.3 is 9.84 Å². The molecule has 1 rings (SSSR count). The van der Waals surface area contributed by atoms with Crippen molar-refractivity contribution >= 4 is 5.69 Å². The number of nitro benzene ring substituents is 1. The van der Waals surface area contributed by atoms with Crippen LogP contribution in [0.1, 0.15) is 13.8 Å². The van der Waals surface area contributed by atoms with E-state index in [1.807, 2.05) is 0 Å². The molecule has 0 unspecified atom stereocenters. The number of aliphatic hydroxyl groups is 1. The van der Waals surface area contributed by atoms with Crippen LogP contribution in [0.3, 0.4) is 0 Å². The largest absolute Gasteiger partial charge is 0.484 e. The molecule has 0 saturated heterocycles. The monoisotopic (exact) mass is 229 g/mol. The highest BCUT2D eigenvalue weighted by Gasteiger charge is 2.19. The minimum Gasteiger partial charge on any atom is -0.484 e. The first kappa shape index (κ1) is 12.4. The summed E-state index contributed by atoms with van der Waals surface area (Å²) in [6.45, 7) is 2.81. The van der Waals surface area contributed by atoms with E-state index in [-0.39, 0.29) is 18.0 Å². The molecular weight excluding hydrogens is 217 g/mol. The van der Waals surface area contributed by atoms with Crippen LogP contribution in [-0.4, -0.2) is 22.2 Å². The molecule has 0 aliphatic heterocycles. The van der Waals surface area contributed by atoms with Gasteiger partial charge in [-0.05, 0) is 19.9 Å². The highest BCUT2D eigenvalue weighted by molar-refractivity contribution is 5.46. The molecule has 16 heavy (non-hydrogen) atoms. The number of benzene rings is 1. The molecule has 0 saturated carbocycles. The van der Waals surface area contributed by atoms with Gasteiger partial charge in [0.25, 0.3) is 0 Å². The Bertz CT molecular complexity index is 400. The summed E-state index contributed by atoms with van der Waals surface area (Å²) < 4.78 is 17.9. The van der Waals surface area contributed by atoms with Crippen LogP contribution >= 0.6 is 0 Å². The Hall–Kier alpha value is -1.69. The number of ether oxygens (including phenoxy) is 1. The number of rotatable bonds is 4. The molecule has 5 nitrogen and oxygen atoms in total. The second kappa shape index (κ2) is 4.44. The minimum absolute atomic E-state index is 0.155. The minimum atomic E-state index is -1.14. The number of hydrogen-bond acceptors (Lipinski definition) is 4. The molecule has 88 valence electrons. The molecule has 1 N–H and O–H groups in total. The molecule has 6 heteroatoms. The van der Waals surface area contributed by atoms with Crippen LogP contribution in [0.4, 0.5) is 10.1 Å². The summed E-state index contributed by atoms with van der Waals surface area (Å²) in [5, 5.41) is 20.0. The van der Waals surface area contributed by atoms with Gasteiger partial charge in [0.2, 0.25) is 0 Å². The molecule has 0 spiro atoms. The van der Waals surface area contributed by atoms with Crippen molar-refractivity contribution < 1.29 is 19.2 Å². The zero-order valence-corrected chi connectivity index (χ0v) is 8.94. The van der Waals surface area contributed by atoms with Crippen molar-refractivity contribution in [1.29, 1.82) is 0 Å². The molecule has 0 aliphatic rings. The van der Waals surface area contributed by atoms with Crippen molar-refractivity contribution in [2.45, 2.75) is 19.4 Å². The highest BCUT2D eigenvalue weighted by atomic mass is 19.1. The van der Waals surface area contributed by atoms with E-state index in [1.165, 1.54) is 13.8 Å². The topological polar surface area (TPSA) is 72.6 Å². The Labute approximate surface area is 91.6 Å². The van der Waals surface area contributed by atoms with Crippen molar-refractivity contribution in [2.24, 2.45) is 0 Å². The summed E-state index contributed by atoms with van der Waals surface area (Å²) in [5.41, 5.74) is -1.47. The fourth-order valence-corrected chi connectivity index (χ4v) is 1.01. The second-order valence-corrected chi connectivity index (χ2v) is 3.97. The van der Waals surface area contributed by atoms with E-state index in [9.17, 15) is 19.6 Å². The number of halogens is 1. The van der Waals surface area contributed by atoms with E-state index in [0.717, 1.165) is 18.2 Å². The zero-order valence-electron chi connectivity index (χ0n) is 8.94. The highest BCUT2D eigenvalue weighted by Crippen LogP contribution is 2.28. The van der Waals surface area contributed by atoms with Crippen molar-refractivity contribution in [1.82, 2.24) is 0 Å². The van der Waals surface area contributed by atoms with Gasteiger partial charge in [0.1, 0.15) is 12.4 Å². The molecule has 0 aromatic heterocycles. The van der Waals surface area contributed by atoms with Crippen LogP contribution in [-0.2, 0) is 0 Å². The van der Waals surface area contributed by atoms with Crippen LogP contribution in [0.15, 0.2) is 18.2 Å². The molecule has 0 atom stereocenters. The first-order valence-corrected chi connectivity index (χ1v) is 4.59. The van der Waals surface area contributed by atoms with Crippen molar-refractivity contribution in [3.8, 4) is 5.75 Å². The molecule has 1 aromatic rings. The van der Waals surface area contributed by atoms with Gasteiger partial charge in [-0.3, -0.25) is 10.1 Å². The Morgan fingerprint density at radius 2 is 2.19 bits per heavy atom. The van der Waals surface area contributed by atoms with E-state index in [2.05, 4.69) is 0 Å². The average molecular weight is 229 g/mol. The SMILES string of the molecule is CC(C)(O)COc1cc(F)ccc1[N+](=O)[O-]. The Kier molecular flexibility index (Phi) is 3.44. The predicted octanol–water partition coefficient (Wildman–Crippen LogP) is 1.88. The van der Waals surface area contributed by atoms with Gasteiger partial charge in [-0.2, -0.15) is 0 Å². The van der Waals surface area contributed by atoms with Crippen LogP contribution in [0.2, 0.25) is 0 Å². The standard InChI is InChI=1S/C10H12FNO4/c1-10(2,13)6-16-9-5-7(11)3-4-8(9)12(14)15/h3-5,13H,6H2,1-2H3. The van der Waals surface area contributed by atoms with Crippen LogP contribution in [0, 0.1) is 15.9 Å². The first-order valence-electron chi connectivity index (χ1n) is 4.59. The van der Waals surface area contributed by atoms with Crippen LogP contribution < -0.4 is 4.74 Å². The fraction of sp³-hybridized carbons (Fsp3) is 0.400. The molecule has 0 heterocycles. The van der Waals surface area contributed by atoms with E-state index in [4.69, 9.17) is 4.74 Å². The van der Waals surface area contributed by atoms with E-state index >= 15 is 0 Å². The quantitative estimate of drug-likeness (QED) is 0.632. The zero-order chi connectivity index (χ0) is 12.3. The van der Waals surface area contributed by atoms with Gasteiger partial charge in [0, 0.05) is 12.1 Å². The van der Waals surface area contributed by atoms with Crippen molar-refractivity contribution in [3.63, 3.8) is 0 Å².